The SMILES string of the molecule is O=C(CCCNC(=O)c1ccsc1)NCc1cccc(Cl)c1. The molecule has 0 bridgehead atoms. The number of carbonyl (C=O) groups is 2. The lowest BCUT2D eigenvalue weighted by Gasteiger charge is -2.06. The highest BCUT2D eigenvalue weighted by molar-refractivity contribution is 7.08. The first-order valence-electron chi connectivity index (χ1n) is 6.96. The van der Waals surface area contributed by atoms with Crippen LogP contribution < -0.4 is 10.6 Å². The number of nitrogens with one attached hydrogen (secondary N) is 2. The van der Waals surface area contributed by atoms with E-state index in [9.17, 15) is 9.59 Å². The maximum atomic E-state index is 11.7. The van der Waals surface area contributed by atoms with Crippen molar-refractivity contribution in [3.8, 4) is 0 Å². The van der Waals surface area contributed by atoms with Crippen molar-refractivity contribution in [2.45, 2.75) is 19.4 Å². The van der Waals surface area contributed by atoms with E-state index in [4.69, 9.17) is 11.6 Å². The largest absolute Gasteiger partial charge is 0.352 e. The van der Waals surface area contributed by atoms with Crippen LogP contribution in [0.4, 0.5) is 0 Å². The number of carbonyl (C=O) groups excluding carboxylic acids is 2. The first kappa shape index (κ1) is 16.5. The van der Waals surface area contributed by atoms with Gasteiger partial charge in [-0.2, -0.15) is 11.3 Å². The van der Waals surface area contributed by atoms with E-state index in [1.54, 1.807) is 17.5 Å². The van der Waals surface area contributed by atoms with Gasteiger partial charge in [0.2, 0.25) is 5.91 Å². The molecular formula is C16H17ClN2O2S. The van der Waals surface area contributed by atoms with E-state index in [0.29, 0.717) is 36.5 Å². The lowest BCUT2D eigenvalue weighted by Crippen LogP contribution is -2.27. The van der Waals surface area contributed by atoms with Crippen LogP contribution in [0.1, 0.15) is 28.8 Å². The molecule has 2 rings (SSSR count). The first-order chi connectivity index (χ1) is 10.6. The number of halogens is 1. The lowest BCUT2D eigenvalue weighted by molar-refractivity contribution is -0.121. The second-order valence-electron chi connectivity index (χ2n) is 4.78. The standard InChI is InChI=1S/C16H17ClN2O2S/c17-14-4-1-3-12(9-14)10-19-15(20)5-2-7-18-16(21)13-6-8-22-11-13/h1,3-4,6,8-9,11H,2,5,7,10H2,(H,18,21)(H,19,20). The van der Waals surface area contributed by atoms with Crippen LogP contribution in [0.15, 0.2) is 41.1 Å². The van der Waals surface area contributed by atoms with Gasteiger partial charge in [-0.05, 0) is 35.6 Å². The summed E-state index contributed by atoms with van der Waals surface area (Å²) in [5.41, 5.74) is 1.63. The van der Waals surface area contributed by atoms with Crippen molar-refractivity contribution in [3.63, 3.8) is 0 Å². The molecule has 4 nitrogen and oxygen atoms in total. The molecule has 1 aromatic heterocycles. The Balaban J connectivity index is 1.61. The van der Waals surface area contributed by atoms with E-state index in [2.05, 4.69) is 10.6 Å². The Kier molecular flexibility index (Phi) is 6.43. The summed E-state index contributed by atoms with van der Waals surface area (Å²) in [5, 5.41) is 9.94. The van der Waals surface area contributed by atoms with Gasteiger partial charge in [-0.15, -0.1) is 0 Å². The normalized spacial score (nSPS) is 10.2. The fraction of sp³-hybridized carbons (Fsp3) is 0.250. The number of hydrogen-bond donors (Lipinski definition) is 2. The second kappa shape index (κ2) is 8.56. The van der Waals surface area contributed by atoms with Gasteiger partial charge in [0.1, 0.15) is 0 Å². The van der Waals surface area contributed by atoms with Crippen LogP contribution >= 0.6 is 22.9 Å². The summed E-state index contributed by atoms with van der Waals surface area (Å²) in [6.45, 7) is 0.944. The summed E-state index contributed by atoms with van der Waals surface area (Å²) >= 11 is 7.37. The zero-order valence-electron chi connectivity index (χ0n) is 12.0. The molecule has 0 saturated heterocycles. The van der Waals surface area contributed by atoms with Gasteiger partial charge in [-0.1, -0.05) is 23.7 Å². The van der Waals surface area contributed by atoms with Gasteiger partial charge in [0.15, 0.2) is 0 Å². The Hall–Kier alpha value is -1.85. The predicted molar refractivity (Wildman–Crippen MR) is 89.2 cm³/mol. The molecule has 2 N–H and O–H groups in total. The van der Waals surface area contributed by atoms with Crippen LogP contribution in [0, 0.1) is 0 Å². The molecule has 0 fully saturated rings. The van der Waals surface area contributed by atoms with Crippen LogP contribution in [0.2, 0.25) is 5.02 Å². The number of amides is 2. The Morgan fingerprint density at radius 1 is 1.18 bits per heavy atom. The minimum Gasteiger partial charge on any atom is -0.352 e. The topological polar surface area (TPSA) is 58.2 Å². The molecule has 2 amide bonds. The molecular weight excluding hydrogens is 320 g/mol. The van der Waals surface area contributed by atoms with E-state index in [0.717, 1.165) is 5.56 Å². The third-order valence-electron chi connectivity index (χ3n) is 3.03. The van der Waals surface area contributed by atoms with Crippen LogP contribution in [0.25, 0.3) is 0 Å². The molecule has 0 aliphatic rings. The number of hydrogen-bond acceptors (Lipinski definition) is 3. The van der Waals surface area contributed by atoms with Gasteiger partial charge in [0, 0.05) is 35.5 Å². The molecule has 116 valence electrons. The third-order valence-corrected chi connectivity index (χ3v) is 3.95. The van der Waals surface area contributed by atoms with Crippen molar-refractivity contribution in [2.75, 3.05) is 6.54 Å². The minimum atomic E-state index is -0.0967. The summed E-state index contributed by atoms with van der Waals surface area (Å²) < 4.78 is 0. The van der Waals surface area contributed by atoms with Crippen molar-refractivity contribution in [1.29, 1.82) is 0 Å². The number of benzene rings is 1. The van der Waals surface area contributed by atoms with Crippen molar-refractivity contribution in [2.24, 2.45) is 0 Å². The summed E-state index contributed by atoms with van der Waals surface area (Å²) in [4.78, 5) is 23.4. The van der Waals surface area contributed by atoms with Crippen molar-refractivity contribution >= 4 is 34.8 Å². The smallest absolute Gasteiger partial charge is 0.252 e. The van der Waals surface area contributed by atoms with Crippen molar-refractivity contribution in [3.05, 3.63) is 57.2 Å². The van der Waals surface area contributed by atoms with Crippen LogP contribution in [0.3, 0.4) is 0 Å². The number of thiophene rings is 1. The number of rotatable bonds is 7. The zero-order chi connectivity index (χ0) is 15.8. The Morgan fingerprint density at radius 3 is 2.77 bits per heavy atom. The quantitative estimate of drug-likeness (QED) is 0.763. The molecule has 1 aromatic carbocycles. The average molecular weight is 337 g/mol. The zero-order valence-corrected chi connectivity index (χ0v) is 13.5. The Bertz CT molecular complexity index is 629. The summed E-state index contributed by atoms with van der Waals surface area (Å²) in [7, 11) is 0. The van der Waals surface area contributed by atoms with Gasteiger partial charge >= 0.3 is 0 Å². The molecule has 2 aromatic rings. The van der Waals surface area contributed by atoms with Crippen LogP contribution in [-0.4, -0.2) is 18.4 Å². The molecule has 0 aliphatic heterocycles. The molecule has 0 spiro atoms. The summed E-state index contributed by atoms with van der Waals surface area (Å²) in [5.74, 6) is -0.134. The molecule has 1 heterocycles. The molecule has 0 aliphatic carbocycles. The molecule has 0 unspecified atom stereocenters. The van der Waals surface area contributed by atoms with Gasteiger partial charge in [-0.25, -0.2) is 0 Å². The van der Waals surface area contributed by atoms with Crippen LogP contribution in [-0.2, 0) is 11.3 Å². The first-order valence-corrected chi connectivity index (χ1v) is 8.29. The van der Waals surface area contributed by atoms with E-state index in [1.165, 1.54) is 11.3 Å². The van der Waals surface area contributed by atoms with Gasteiger partial charge in [-0.3, -0.25) is 9.59 Å². The van der Waals surface area contributed by atoms with Crippen molar-refractivity contribution in [1.82, 2.24) is 10.6 Å². The van der Waals surface area contributed by atoms with E-state index < -0.39 is 0 Å². The monoisotopic (exact) mass is 336 g/mol. The van der Waals surface area contributed by atoms with Gasteiger partial charge in [0.05, 0.1) is 0 Å². The highest BCUT2D eigenvalue weighted by Crippen LogP contribution is 2.10. The van der Waals surface area contributed by atoms with Crippen LogP contribution in [0.5, 0.6) is 0 Å². The van der Waals surface area contributed by atoms with Gasteiger partial charge in [0.25, 0.3) is 5.91 Å². The third kappa shape index (κ3) is 5.50. The fourth-order valence-electron chi connectivity index (χ4n) is 1.88. The molecule has 0 saturated carbocycles. The Morgan fingerprint density at radius 2 is 2.05 bits per heavy atom. The second-order valence-corrected chi connectivity index (χ2v) is 5.99. The van der Waals surface area contributed by atoms with Crippen molar-refractivity contribution < 1.29 is 9.59 Å². The molecule has 6 heteroatoms. The maximum Gasteiger partial charge on any atom is 0.252 e. The molecule has 0 radical (unpaired) electrons. The Labute approximate surface area is 138 Å². The maximum absolute atomic E-state index is 11.7. The average Bonchev–Trinajstić information content (AvgIpc) is 3.04. The summed E-state index contributed by atoms with van der Waals surface area (Å²) in [6.07, 6.45) is 0.988. The molecule has 0 atom stereocenters. The highest BCUT2D eigenvalue weighted by atomic mass is 35.5. The highest BCUT2D eigenvalue weighted by Gasteiger charge is 2.06. The van der Waals surface area contributed by atoms with Gasteiger partial charge < -0.3 is 10.6 Å². The van der Waals surface area contributed by atoms with E-state index in [1.807, 2.05) is 23.6 Å². The van der Waals surface area contributed by atoms with E-state index in [-0.39, 0.29) is 11.8 Å². The minimum absolute atomic E-state index is 0.0373. The fourth-order valence-corrected chi connectivity index (χ4v) is 2.73. The lowest BCUT2D eigenvalue weighted by atomic mass is 10.2. The molecule has 22 heavy (non-hydrogen) atoms. The summed E-state index contributed by atoms with van der Waals surface area (Å²) in [6, 6.07) is 9.15. The predicted octanol–water partition coefficient (Wildman–Crippen LogP) is 3.23. The van der Waals surface area contributed by atoms with E-state index >= 15 is 0 Å².